The third kappa shape index (κ3) is 0.728. The SMILES string of the molecule is O=[N+]([O-])C1C2CCCCC21. The van der Waals surface area contributed by atoms with E-state index in [9.17, 15) is 10.1 Å². The lowest BCUT2D eigenvalue weighted by Gasteiger charge is -2.02. The van der Waals surface area contributed by atoms with Gasteiger partial charge in [0.05, 0.1) is 0 Å². The summed E-state index contributed by atoms with van der Waals surface area (Å²) in [5.41, 5.74) is 0. The first-order chi connectivity index (χ1) is 4.80. The number of hydrogen-bond donors (Lipinski definition) is 0. The van der Waals surface area contributed by atoms with Gasteiger partial charge in [0.1, 0.15) is 0 Å². The van der Waals surface area contributed by atoms with Crippen molar-refractivity contribution < 1.29 is 4.92 Å². The smallest absolute Gasteiger partial charge is 0.219 e. The maximum absolute atomic E-state index is 10.3. The molecule has 0 aromatic carbocycles. The average Bonchev–Trinajstić information content (AvgIpc) is 2.60. The molecule has 0 N–H and O–H groups in total. The van der Waals surface area contributed by atoms with E-state index in [1.54, 1.807) is 0 Å². The molecule has 2 rings (SSSR count). The van der Waals surface area contributed by atoms with Gasteiger partial charge in [-0.15, -0.1) is 0 Å². The first kappa shape index (κ1) is 6.13. The van der Waals surface area contributed by atoms with Crippen molar-refractivity contribution in [2.75, 3.05) is 0 Å². The van der Waals surface area contributed by atoms with Gasteiger partial charge >= 0.3 is 0 Å². The highest BCUT2D eigenvalue weighted by Crippen LogP contribution is 2.51. The molecule has 2 unspecified atom stereocenters. The van der Waals surface area contributed by atoms with Crippen molar-refractivity contribution in [3.05, 3.63) is 10.1 Å². The van der Waals surface area contributed by atoms with Crippen LogP contribution in [-0.2, 0) is 0 Å². The largest absolute Gasteiger partial charge is 0.264 e. The van der Waals surface area contributed by atoms with Crippen LogP contribution in [0.15, 0.2) is 0 Å². The predicted molar refractivity (Wildman–Crippen MR) is 36.2 cm³/mol. The van der Waals surface area contributed by atoms with Crippen molar-refractivity contribution in [3.63, 3.8) is 0 Å². The van der Waals surface area contributed by atoms with Crippen molar-refractivity contribution in [3.8, 4) is 0 Å². The lowest BCUT2D eigenvalue weighted by Crippen LogP contribution is -2.03. The standard InChI is InChI=1S/C7H11NO2/c9-8(10)7-5-3-1-2-4-6(5)7/h5-7H,1-4H2. The summed E-state index contributed by atoms with van der Waals surface area (Å²) >= 11 is 0. The molecule has 0 aromatic rings. The highest BCUT2D eigenvalue weighted by atomic mass is 16.6. The molecule has 0 amide bonds. The molecule has 3 nitrogen and oxygen atoms in total. The number of rotatable bonds is 1. The normalized spacial score (nSPS) is 44.2. The predicted octanol–water partition coefficient (Wildman–Crippen LogP) is 1.45. The van der Waals surface area contributed by atoms with E-state index in [-0.39, 0.29) is 11.0 Å². The van der Waals surface area contributed by atoms with E-state index in [1.165, 1.54) is 12.8 Å². The lowest BCUT2D eigenvalue weighted by molar-refractivity contribution is -0.501. The topological polar surface area (TPSA) is 43.1 Å². The van der Waals surface area contributed by atoms with Crippen LogP contribution in [0, 0.1) is 22.0 Å². The average molecular weight is 141 g/mol. The van der Waals surface area contributed by atoms with Gasteiger partial charge in [-0.05, 0) is 12.8 Å². The van der Waals surface area contributed by atoms with Crippen LogP contribution < -0.4 is 0 Å². The number of nitro groups is 1. The summed E-state index contributed by atoms with van der Waals surface area (Å²) in [4.78, 5) is 10.3. The molecule has 0 bridgehead atoms. The van der Waals surface area contributed by atoms with Crippen molar-refractivity contribution in [1.82, 2.24) is 0 Å². The van der Waals surface area contributed by atoms with Gasteiger partial charge in [-0.3, -0.25) is 10.1 Å². The molecule has 2 aliphatic rings. The highest BCUT2D eigenvalue weighted by molar-refractivity contribution is 4.99. The zero-order valence-electron chi connectivity index (χ0n) is 5.82. The molecule has 0 aromatic heterocycles. The molecule has 2 aliphatic carbocycles. The molecule has 0 spiro atoms. The first-order valence-electron chi connectivity index (χ1n) is 3.94. The number of hydrogen-bond acceptors (Lipinski definition) is 2. The first-order valence-corrected chi connectivity index (χ1v) is 3.94. The second-order valence-electron chi connectivity index (χ2n) is 3.39. The van der Waals surface area contributed by atoms with E-state index in [2.05, 4.69) is 0 Å². The van der Waals surface area contributed by atoms with E-state index < -0.39 is 0 Å². The maximum Gasteiger partial charge on any atom is 0.219 e. The molecule has 10 heavy (non-hydrogen) atoms. The van der Waals surface area contributed by atoms with Gasteiger partial charge in [0.25, 0.3) is 0 Å². The summed E-state index contributed by atoms with van der Waals surface area (Å²) in [6, 6.07) is -0.150. The summed E-state index contributed by atoms with van der Waals surface area (Å²) < 4.78 is 0. The van der Waals surface area contributed by atoms with Crippen LogP contribution in [0.3, 0.4) is 0 Å². The van der Waals surface area contributed by atoms with Crippen LogP contribution >= 0.6 is 0 Å². The molecule has 3 heteroatoms. The Morgan fingerprint density at radius 3 is 2.10 bits per heavy atom. The van der Waals surface area contributed by atoms with E-state index in [1.807, 2.05) is 0 Å². The number of fused-ring (bicyclic) bond motifs is 1. The van der Waals surface area contributed by atoms with Gasteiger partial charge in [0.15, 0.2) is 0 Å². The summed E-state index contributed by atoms with van der Waals surface area (Å²) in [5.74, 6) is 0.924. The summed E-state index contributed by atoms with van der Waals surface area (Å²) in [5, 5.41) is 10.3. The summed E-state index contributed by atoms with van der Waals surface area (Å²) in [6.07, 6.45) is 4.64. The van der Waals surface area contributed by atoms with Crippen LogP contribution in [0.2, 0.25) is 0 Å². The fourth-order valence-electron chi connectivity index (χ4n) is 2.27. The van der Waals surface area contributed by atoms with Crippen LogP contribution in [0.4, 0.5) is 0 Å². The van der Waals surface area contributed by atoms with Crippen molar-refractivity contribution in [2.45, 2.75) is 31.7 Å². The van der Waals surface area contributed by atoms with Crippen molar-refractivity contribution in [1.29, 1.82) is 0 Å². The molecule has 2 saturated carbocycles. The molecular weight excluding hydrogens is 130 g/mol. The van der Waals surface area contributed by atoms with Gasteiger partial charge < -0.3 is 0 Å². The maximum atomic E-state index is 10.3. The Hall–Kier alpha value is -0.600. The second-order valence-corrected chi connectivity index (χ2v) is 3.39. The molecule has 0 saturated heterocycles. The molecule has 0 aliphatic heterocycles. The van der Waals surface area contributed by atoms with Crippen LogP contribution in [0.1, 0.15) is 25.7 Å². The fourth-order valence-corrected chi connectivity index (χ4v) is 2.27. The molecule has 2 fully saturated rings. The minimum absolute atomic E-state index is 0.0827. The quantitative estimate of drug-likeness (QED) is 0.409. The van der Waals surface area contributed by atoms with E-state index in [4.69, 9.17) is 0 Å². The minimum Gasteiger partial charge on any atom is -0.264 e. The Morgan fingerprint density at radius 1 is 1.20 bits per heavy atom. The van der Waals surface area contributed by atoms with Gasteiger partial charge in [0.2, 0.25) is 6.04 Å². The summed E-state index contributed by atoms with van der Waals surface area (Å²) in [7, 11) is 0. The Balaban J connectivity index is 1.99. The molecule has 56 valence electrons. The fraction of sp³-hybridized carbons (Fsp3) is 1.00. The van der Waals surface area contributed by atoms with E-state index >= 15 is 0 Å². The van der Waals surface area contributed by atoms with Gasteiger partial charge in [0, 0.05) is 16.8 Å². The van der Waals surface area contributed by atoms with Crippen molar-refractivity contribution >= 4 is 0 Å². The van der Waals surface area contributed by atoms with Crippen molar-refractivity contribution in [2.24, 2.45) is 11.8 Å². The third-order valence-electron chi connectivity index (χ3n) is 2.85. The minimum atomic E-state index is -0.150. The van der Waals surface area contributed by atoms with Gasteiger partial charge in [-0.1, -0.05) is 12.8 Å². The Labute approximate surface area is 59.6 Å². The zero-order chi connectivity index (χ0) is 7.14. The third-order valence-corrected chi connectivity index (χ3v) is 2.85. The lowest BCUT2D eigenvalue weighted by atomic mass is 10.0. The van der Waals surface area contributed by atoms with Crippen LogP contribution in [0.5, 0.6) is 0 Å². The monoisotopic (exact) mass is 141 g/mol. The summed E-state index contributed by atoms with van der Waals surface area (Å²) in [6.45, 7) is 0. The molecule has 2 atom stereocenters. The van der Waals surface area contributed by atoms with Crippen LogP contribution in [0.25, 0.3) is 0 Å². The number of nitrogens with zero attached hydrogens (tertiary/aromatic N) is 1. The van der Waals surface area contributed by atoms with Crippen LogP contribution in [-0.4, -0.2) is 11.0 Å². The molecule has 0 heterocycles. The highest BCUT2D eigenvalue weighted by Gasteiger charge is 2.60. The second kappa shape index (κ2) is 1.94. The molecular formula is C7H11NO2. The van der Waals surface area contributed by atoms with Gasteiger partial charge in [-0.2, -0.15) is 0 Å². The van der Waals surface area contributed by atoms with Gasteiger partial charge in [-0.25, -0.2) is 0 Å². The molecule has 0 radical (unpaired) electrons. The Kier molecular flexibility index (Phi) is 1.19. The Morgan fingerprint density at radius 2 is 1.70 bits per heavy atom. The zero-order valence-corrected chi connectivity index (χ0v) is 5.82. The van der Waals surface area contributed by atoms with E-state index in [0.717, 1.165) is 12.8 Å². The Bertz CT molecular complexity index is 157. The van der Waals surface area contributed by atoms with E-state index in [0.29, 0.717) is 11.8 Å².